The van der Waals surface area contributed by atoms with Crippen molar-refractivity contribution in [3.63, 3.8) is 0 Å². The van der Waals surface area contributed by atoms with Gasteiger partial charge in [0.15, 0.2) is 0 Å². The van der Waals surface area contributed by atoms with Gasteiger partial charge >= 0.3 is 0 Å². The van der Waals surface area contributed by atoms with Gasteiger partial charge in [-0.15, -0.1) is 10.2 Å². The first kappa shape index (κ1) is 14.9. The molecule has 1 aliphatic heterocycles. The van der Waals surface area contributed by atoms with Crippen molar-refractivity contribution in [3.05, 3.63) is 29.0 Å². The van der Waals surface area contributed by atoms with Gasteiger partial charge in [-0.25, -0.2) is 4.98 Å². The van der Waals surface area contributed by atoms with Gasteiger partial charge in [0, 0.05) is 11.6 Å². The maximum Gasteiger partial charge on any atom is 0.230 e. The molecule has 1 N–H and O–H groups in total. The molecule has 2 aliphatic rings. The summed E-state index contributed by atoms with van der Waals surface area (Å²) in [5.41, 5.74) is 2.65. The van der Waals surface area contributed by atoms with E-state index in [9.17, 15) is 0 Å². The fourth-order valence-corrected chi connectivity index (χ4v) is 3.70. The second-order valence-corrected chi connectivity index (χ2v) is 7.07. The Kier molecular flexibility index (Phi) is 3.93. The molecular formula is C17H25N5O. The van der Waals surface area contributed by atoms with Gasteiger partial charge in [-0.05, 0) is 45.1 Å². The number of hydrogen-bond acceptors (Lipinski definition) is 5. The number of nitrogens with zero attached hydrogens (tertiary/aromatic N) is 4. The van der Waals surface area contributed by atoms with Crippen LogP contribution in [0.1, 0.15) is 80.5 Å². The number of aryl methyl sites for hydroxylation is 2. The number of aromatic nitrogens is 4. The van der Waals surface area contributed by atoms with Gasteiger partial charge in [0.05, 0.1) is 18.3 Å². The number of rotatable bonds is 4. The lowest BCUT2D eigenvalue weighted by atomic mass is 10.0. The Morgan fingerprint density at radius 2 is 2.09 bits per heavy atom. The maximum absolute atomic E-state index is 5.78. The van der Waals surface area contributed by atoms with E-state index < -0.39 is 0 Å². The SMILES string of the molecule is CC(C)c1nnc(CN2CCCC2c2nc3c([nH]2)CCCC3)o1. The summed E-state index contributed by atoms with van der Waals surface area (Å²) in [5, 5.41) is 8.35. The number of likely N-dealkylation sites (tertiary alicyclic amines) is 1. The third-order valence-corrected chi connectivity index (χ3v) is 4.97. The molecule has 0 saturated carbocycles. The number of nitrogens with one attached hydrogen (secondary N) is 1. The van der Waals surface area contributed by atoms with Crippen LogP contribution in [0.25, 0.3) is 0 Å². The van der Waals surface area contributed by atoms with Crippen molar-refractivity contribution < 1.29 is 4.42 Å². The first-order valence-corrected chi connectivity index (χ1v) is 8.84. The topological polar surface area (TPSA) is 70.8 Å². The molecule has 0 spiro atoms. The van der Waals surface area contributed by atoms with Gasteiger partial charge in [-0.2, -0.15) is 0 Å². The predicted molar refractivity (Wildman–Crippen MR) is 86.0 cm³/mol. The highest BCUT2D eigenvalue weighted by atomic mass is 16.4. The molecule has 0 radical (unpaired) electrons. The van der Waals surface area contributed by atoms with Gasteiger partial charge in [0.2, 0.25) is 11.8 Å². The zero-order chi connectivity index (χ0) is 15.8. The second kappa shape index (κ2) is 6.07. The first-order chi connectivity index (χ1) is 11.2. The van der Waals surface area contributed by atoms with Gasteiger partial charge in [0.1, 0.15) is 5.82 Å². The normalized spacial score (nSPS) is 22.0. The molecule has 3 heterocycles. The summed E-state index contributed by atoms with van der Waals surface area (Å²) in [6, 6.07) is 0.356. The molecule has 2 aromatic rings. The number of hydrogen-bond donors (Lipinski definition) is 1. The van der Waals surface area contributed by atoms with Crippen LogP contribution in [0.3, 0.4) is 0 Å². The van der Waals surface area contributed by atoms with Gasteiger partial charge in [-0.1, -0.05) is 13.8 Å². The van der Waals surface area contributed by atoms with Crippen molar-refractivity contribution in [3.8, 4) is 0 Å². The molecule has 1 aliphatic carbocycles. The van der Waals surface area contributed by atoms with E-state index in [0.717, 1.165) is 50.0 Å². The highest BCUT2D eigenvalue weighted by Crippen LogP contribution is 2.33. The number of imidazole rings is 1. The minimum absolute atomic E-state index is 0.280. The van der Waals surface area contributed by atoms with E-state index in [1.165, 1.54) is 30.7 Å². The zero-order valence-electron chi connectivity index (χ0n) is 14.0. The Bertz CT molecular complexity index is 651. The average Bonchev–Trinajstić information content (AvgIpc) is 3.25. The molecule has 1 fully saturated rings. The van der Waals surface area contributed by atoms with Crippen molar-refractivity contribution >= 4 is 0 Å². The Hall–Kier alpha value is -1.69. The summed E-state index contributed by atoms with van der Waals surface area (Å²) in [6.45, 7) is 5.93. The highest BCUT2D eigenvalue weighted by molar-refractivity contribution is 5.19. The molecule has 0 bridgehead atoms. The van der Waals surface area contributed by atoms with Crippen molar-refractivity contribution in [1.29, 1.82) is 0 Å². The summed E-state index contributed by atoms with van der Waals surface area (Å²) >= 11 is 0. The maximum atomic E-state index is 5.78. The predicted octanol–water partition coefficient (Wildman–Crippen LogP) is 3.13. The minimum Gasteiger partial charge on any atom is -0.424 e. The molecule has 2 aromatic heterocycles. The van der Waals surface area contributed by atoms with E-state index in [2.05, 4.69) is 33.9 Å². The quantitative estimate of drug-likeness (QED) is 0.938. The van der Waals surface area contributed by atoms with Crippen LogP contribution in [0.15, 0.2) is 4.42 Å². The van der Waals surface area contributed by atoms with E-state index in [4.69, 9.17) is 9.40 Å². The van der Waals surface area contributed by atoms with Crippen LogP contribution in [0, 0.1) is 0 Å². The minimum atomic E-state index is 0.280. The Morgan fingerprint density at radius 3 is 2.87 bits per heavy atom. The fraction of sp³-hybridized carbons (Fsp3) is 0.706. The van der Waals surface area contributed by atoms with Crippen molar-refractivity contribution in [2.24, 2.45) is 0 Å². The number of fused-ring (bicyclic) bond motifs is 1. The molecule has 0 amide bonds. The summed E-state index contributed by atoms with van der Waals surface area (Å²) in [7, 11) is 0. The molecule has 6 heteroatoms. The molecule has 1 unspecified atom stereocenters. The van der Waals surface area contributed by atoms with E-state index in [1.54, 1.807) is 0 Å². The molecule has 1 saturated heterocycles. The van der Waals surface area contributed by atoms with Gasteiger partial charge < -0.3 is 9.40 Å². The second-order valence-electron chi connectivity index (χ2n) is 7.07. The number of H-pyrrole nitrogens is 1. The van der Waals surface area contributed by atoms with Crippen LogP contribution in [0.5, 0.6) is 0 Å². The standard InChI is InChI=1S/C17H25N5O/c1-11(2)17-21-20-15(23-17)10-22-9-5-8-14(22)16-18-12-6-3-4-7-13(12)19-16/h11,14H,3-10H2,1-2H3,(H,18,19). The van der Waals surface area contributed by atoms with Crippen molar-refractivity contribution in [1.82, 2.24) is 25.1 Å². The van der Waals surface area contributed by atoms with E-state index in [0.29, 0.717) is 6.04 Å². The molecule has 6 nitrogen and oxygen atoms in total. The molecule has 4 rings (SSSR count). The molecule has 0 aromatic carbocycles. The van der Waals surface area contributed by atoms with Crippen LogP contribution < -0.4 is 0 Å². The van der Waals surface area contributed by atoms with Gasteiger partial charge in [-0.3, -0.25) is 4.90 Å². The van der Waals surface area contributed by atoms with Crippen molar-refractivity contribution in [2.45, 2.75) is 70.9 Å². The van der Waals surface area contributed by atoms with Gasteiger partial charge in [0.25, 0.3) is 0 Å². The lowest BCUT2D eigenvalue weighted by Crippen LogP contribution is -2.23. The lowest BCUT2D eigenvalue weighted by Gasteiger charge is -2.20. The summed E-state index contributed by atoms with van der Waals surface area (Å²) < 4.78 is 5.78. The third kappa shape index (κ3) is 2.92. The van der Waals surface area contributed by atoms with Crippen LogP contribution >= 0.6 is 0 Å². The van der Waals surface area contributed by atoms with Crippen LogP contribution in [-0.4, -0.2) is 31.6 Å². The molecular weight excluding hydrogens is 290 g/mol. The Balaban J connectivity index is 1.50. The van der Waals surface area contributed by atoms with Crippen LogP contribution in [0.2, 0.25) is 0 Å². The highest BCUT2D eigenvalue weighted by Gasteiger charge is 2.31. The largest absolute Gasteiger partial charge is 0.424 e. The fourth-order valence-electron chi connectivity index (χ4n) is 3.70. The third-order valence-electron chi connectivity index (χ3n) is 4.97. The average molecular weight is 315 g/mol. The zero-order valence-corrected chi connectivity index (χ0v) is 14.0. The number of aromatic amines is 1. The van der Waals surface area contributed by atoms with Crippen LogP contribution in [-0.2, 0) is 19.4 Å². The molecule has 124 valence electrons. The van der Waals surface area contributed by atoms with E-state index >= 15 is 0 Å². The molecule has 1 atom stereocenters. The summed E-state index contributed by atoms with van der Waals surface area (Å²) in [5.74, 6) is 2.86. The van der Waals surface area contributed by atoms with Crippen LogP contribution in [0.4, 0.5) is 0 Å². The monoisotopic (exact) mass is 315 g/mol. The lowest BCUT2D eigenvalue weighted by molar-refractivity contribution is 0.214. The Labute approximate surface area is 136 Å². The van der Waals surface area contributed by atoms with Crippen molar-refractivity contribution in [2.75, 3.05) is 6.54 Å². The first-order valence-electron chi connectivity index (χ1n) is 8.84. The summed E-state index contributed by atoms with van der Waals surface area (Å²) in [6.07, 6.45) is 7.17. The van der Waals surface area contributed by atoms with E-state index in [1.807, 2.05) is 0 Å². The summed E-state index contributed by atoms with van der Waals surface area (Å²) in [4.78, 5) is 10.9. The Morgan fingerprint density at radius 1 is 1.22 bits per heavy atom. The molecule has 23 heavy (non-hydrogen) atoms. The smallest absolute Gasteiger partial charge is 0.230 e. The van der Waals surface area contributed by atoms with E-state index in [-0.39, 0.29) is 5.92 Å².